The highest BCUT2D eigenvalue weighted by Crippen LogP contribution is 2.08. The standard InChI is InChI=1S/C14H21NO4/c1-4-6-7-11(5-2)8-12(14(18)19)15-13(17)10(3)9-16/h4-7,10,12,16H,2,8-9H2,1,3H3,(H,15,17)(H,18,19)/b6-4-,11-7+. The number of rotatable bonds is 8. The number of aliphatic hydroxyl groups excluding tert-OH is 1. The van der Waals surface area contributed by atoms with Crippen molar-refractivity contribution in [3.8, 4) is 0 Å². The van der Waals surface area contributed by atoms with E-state index in [0.29, 0.717) is 5.57 Å². The molecule has 0 aromatic carbocycles. The van der Waals surface area contributed by atoms with Crippen LogP contribution >= 0.6 is 0 Å². The molecule has 0 fully saturated rings. The molecule has 0 radical (unpaired) electrons. The fraction of sp³-hybridized carbons (Fsp3) is 0.429. The van der Waals surface area contributed by atoms with E-state index in [1.165, 1.54) is 6.92 Å². The molecular formula is C14H21NO4. The molecule has 0 bridgehead atoms. The van der Waals surface area contributed by atoms with E-state index in [-0.39, 0.29) is 13.0 Å². The fourth-order valence-electron chi connectivity index (χ4n) is 1.27. The Hall–Kier alpha value is -1.88. The molecule has 0 heterocycles. The number of aliphatic carboxylic acids is 1. The third-order valence-corrected chi connectivity index (χ3v) is 2.54. The van der Waals surface area contributed by atoms with Crippen LogP contribution in [0, 0.1) is 5.92 Å². The molecule has 0 aromatic rings. The average Bonchev–Trinajstić information content (AvgIpc) is 2.40. The van der Waals surface area contributed by atoms with Gasteiger partial charge in [0.1, 0.15) is 6.04 Å². The van der Waals surface area contributed by atoms with Crippen LogP contribution < -0.4 is 5.32 Å². The third-order valence-electron chi connectivity index (χ3n) is 2.54. The van der Waals surface area contributed by atoms with Crippen LogP contribution in [0.15, 0.2) is 36.5 Å². The molecule has 5 nitrogen and oxygen atoms in total. The number of nitrogens with one attached hydrogen (secondary N) is 1. The summed E-state index contributed by atoms with van der Waals surface area (Å²) in [6, 6.07) is -1.03. The molecule has 5 heteroatoms. The molecule has 0 aliphatic rings. The van der Waals surface area contributed by atoms with Crippen molar-refractivity contribution >= 4 is 11.9 Å². The second-order valence-electron chi connectivity index (χ2n) is 4.16. The Labute approximate surface area is 113 Å². The summed E-state index contributed by atoms with van der Waals surface area (Å²) in [5.41, 5.74) is 0.711. The predicted molar refractivity (Wildman–Crippen MR) is 73.5 cm³/mol. The molecule has 0 aromatic heterocycles. The molecule has 1 amide bonds. The molecule has 0 rings (SSSR count). The van der Waals surface area contributed by atoms with Crippen LogP contribution in [0.25, 0.3) is 0 Å². The number of allylic oxidation sites excluding steroid dienone is 4. The number of aliphatic hydroxyl groups is 1. The number of hydrogen-bond acceptors (Lipinski definition) is 3. The molecule has 106 valence electrons. The molecule has 0 aliphatic carbocycles. The van der Waals surface area contributed by atoms with Crippen LogP contribution in [0.1, 0.15) is 20.3 Å². The van der Waals surface area contributed by atoms with Crippen molar-refractivity contribution in [3.05, 3.63) is 36.5 Å². The lowest BCUT2D eigenvalue weighted by molar-refractivity contribution is -0.142. The highest BCUT2D eigenvalue weighted by atomic mass is 16.4. The molecule has 0 saturated heterocycles. The third kappa shape index (κ3) is 6.57. The minimum absolute atomic E-state index is 0.146. The van der Waals surface area contributed by atoms with Gasteiger partial charge in [0.15, 0.2) is 0 Å². The van der Waals surface area contributed by atoms with Gasteiger partial charge in [-0.05, 0) is 12.5 Å². The van der Waals surface area contributed by atoms with Crippen molar-refractivity contribution < 1.29 is 19.8 Å². The van der Waals surface area contributed by atoms with Gasteiger partial charge < -0.3 is 15.5 Å². The summed E-state index contributed by atoms with van der Waals surface area (Å²) in [4.78, 5) is 22.7. The van der Waals surface area contributed by atoms with Gasteiger partial charge in [0, 0.05) is 6.42 Å². The summed E-state index contributed by atoms with van der Waals surface area (Å²) in [6.45, 7) is 6.66. The van der Waals surface area contributed by atoms with E-state index >= 15 is 0 Å². The minimum Gasteiger partial charge on any atom is -0.480 e. The summed E-state index contributed by atoms with van der Waals surface area (Å²) in [5.74, 6) is -2.23. The zero-order chi connectivity index (χ0) is 14.8. The number of carboxylic acid groups (broad SMARTS) is 1. The van der Waals surface area contributed by atoms with Gasteiger partial charge in [-0.25, -0.2) is 4.79 Å². The van der Waals surface area contributed by atoms with Gasteiger partial charge in [-0.3, -0.25) is 4.79 Å². The molecule has 3 N–H and O–H groups in total. The van der Waals surface area contributed by atoms with Crippen molar-refractivity contribution in [2.75, 3.05) is 6.61 Å². The van der Waals surface area contributed by atoms with Gasteiger partial charge in [0.2, 0.25) is 5.91 Å². The quantitative estimate of drug-likeness (QED) is 0.578. The molecule has 0 aliphatic heterocycles. The first kappa shape index (κ1) is 17.1. The molecule has 2 atom stereocenters. The summed E-state index contributed by atoms with van der Waals surface area (Å²) < 4.78 is 0. The number of carboxylic acids is 1. The summed E-state index contributed by atoms with van der Waals surface area (Å²) >= 11 is 0. The highest BCUT2D eigenvalue weighted by molar-refractivity contribution is 5.85. The average molecular weight is 267 g/mol. The van der Waals surface area contributed by atoms with E-state index < -0.39 is 23.8 Å². The SMILES string of the molecule is C=C/C(=C\C=C/C)CC(NC(=O)C(C)CO)C(=O)O. The van der Waals surface area contributed by atoms with E-state index in [1.807, 2.05) is 13.0 Å². The second kappa shape index (κ2) is 9.10. The lowest BCUT2D eigenvalue weighted by atomic mass is 10.0. The van der Waals surface area contributed by atoms with E-state index in [9.17, 15) is 9.59 Å². The summed E-state index contributed by atoms with van der Waals surface area (Å²) in [5, 5.41) is 20.3. The highest BCUT2D eigenvalue weighted by Gasteiger charge is 2.22. The maximum Gasteiger partial charge on any atom is 0.326 e. The zero-order valence-corrected chi connectivity index (χ0v) is 11.3. The molecule has 19 heavy (non-hydrogen) atoms. The van der Waals surface area contributed by atoms with Gasteiger partial charge in [-0.15, -0.1) is 0 Å². The van der Waals surface area contributed by atoms with E-state index in [1.54, 1.807) is 18.2 Å². The Bertz CT molecular complexity index is 385. The maximum atomic E-state index is 11.6. The van der Waals surface area contributed by atoms with Crippen LogP contribution in [-0.2, 0) is 9.59 Å². The summed E-state index contributed by atoms with van der Waals surface area (Å²) in [6.07, 6.45) is 7.02. The van der Waals surface area contributed by atoms with Crippen molar-refractivity contribution in [2.24, 2.45) is 5.92 Å². The predicted octanol–water partition coefficient (Wildman–Crippen LogP) is 1.26. The fourth-order valence-corrected chi connectivity index (χ4v) is 1.27. The maximum absolute atomic E-state index is 11.6. The Balaban J connectivity index is 4.79. The van der Waals surface area contributed by atoms with Crippen LogP contribution in [0.4, 0.5) is 0 Å². The van der Waals surface area contributed by atoms with Crippen LogP contribution in [-0.4, -0.2) is 34.7 Å². The van der Waals surface area contributed by atoms with Gasteiger partial charge in [0.25, 0.3) is 0 Å². The monoisotopic (exact) mass is 267 g/mol. The molecule has 2 unspecified atom stereocenters. The number of amides is 1. The normalized spacial score (nSPS) is 15.0. The van der Waals surface area contributed by atoms with Gasteiger partial charge >= 0.3 is 5.97 Å². The van der Waals surface area contributed by atoms with Crippen molar-refractivity contribution in [1.82, 2.24) is 5.32 Å². The minimum atomic E-state index is -1.12. The van der Waals surface area contributed by atoms with E-state index in [4.69, 9.17) is 10.2 Å². The smallest absolute Gasteiger partial charge is 0.326 e. The first-order valence-corrected chi connectivity index (χ1v) is 6.04. The Kier molecular flexibility index (Phi) is 8.20. The van der Waals surface area contributed by atoms with Gasteiger partial charge in [-0.2, -0.15) is 0 Å². The Morgan fingerprint density at radius 1 is 1.42 bits per heavy atom. The number of hydrogen-bond donors (Lipinski definition) is 3. The van der Waals surface area contributed by atoms with Crippen molar-refractivity contribution in [3.63, 3.8) is 0 Å². The lowest BCUT2D eigenvalue weighted by Gasteiger charge is -2.17. The van der Waals surface area contributed by atoms with E-state index in [0.717, 1.165) is 0 Å². The summed E-state index contributed by atoms with van der Waals surface area (Å²) in [7, 11) is 0. The van der Waals surface area contributed by atoms with Crippen LogP contribution in [0.3, 0.4) is 0 Å². The number of carbonyl (C=O) groups is 2. The topological polar surface area (TPSA) is 86.6 Å². The van der Waals surface area contributed by atoms with Gasteiger partial charge in [0.05, 0.1) is 12.5 Å². The van der Waals surface area contributed by atoms with Crippen molar-refractivity contribution in [2.45, 2.75) is 26.3 Å². The second-order valence-corrected chi connectivity index (χ2v) is 4.16. The molecule has 0 saturated carbocycles. The molecule has 0 spiro atoms. The first-order chi connectivity index (χ1) is 8.96. The Morgan fingerprint density at radius 2 is 2.05 bits per heavy atom. The van der Waals surface area contributed by atoms with E-state index in [2.05, 4.69) is 11.9 Å². The van der Waals surface area contributed by atoms with Crippen LogP contribution in [0.5, 0.6) is 0 Å². The number of carbonyl (C=O) groups excluding carboxylic acids is 1. The zero-order valence-electron chi connectivity index (χ0n) is 11.3. The Morgan fingerprint density at radius 3 is 2.47 bits per heavy atom. The first-order valence-electron chi connectivity index (χ1n) is 6.04. The van der Waals surface area contributed by atoms with Gasteiger partial charge in [-0.1, -0.05) is 37.8 Å². The van der Waals surface area contributed by atoms with Crippen molar-refractivity contribution in [1.29, 1.82) is 0 Å². The van der Waals surface area contributed by atoms with Crippen LogP contribution in [0.2, 0.25) is 0 Å². The lowest BCUT2D eigenvalue weighted by Crippen LogP contribution is -2.44. The largest absolute Gasteiger partial charge is 0.480 e. The molecular weight excluding hydrogens is 246 g/mol.